The topological polar surface area (TPSA) is 65.8 Å². The molecule has 0 aliphatic carbocycles. The molecular weight excluding hydrogens is 204 g/mol. The van der Waals surface area contributed by atoms with Crippen molar-refractivity contribution in [2.75, 3.05) is 0 Å². The van der Waals surface area contributed by atoms with Gasteiger partial charge in [0.2, 0.25) is 17.5 Å². The van der Waals surface area contributed by atoms with E-state index in [9.17, 15) is 0 Å². The number of aromatic nitrogens is 1. The van der Waals surface area contributed by atoms with Crippen LogP contribution in [0.25, 0.3) is 10.4 Å². The molecule has 0 N–H and O–H groups in total. The highest BCUT2D eigenvalue weighted by Crippen LogP contribution is 2.31. The Morgan fingerprint density at radius 1 is 1.25 bits per heavy atom. The van der Waals surface area contributed by atoms with E-state index in [1.807, 2.05) is 41.5 Å². The quantitative estimate of drug-likeness (QED) is 0.310. The Bertz CT molecular complexity index is 428. The van der Waals surface area contributed by atoms with E-state index in [-0.39, 0.29) is 11.0 Å². The van der Waals surface area contributed by atoms with E-state index < -0.39 is 0 Å². The molecule has 0 aromatic carbocycles. The fourth-order valence-electron chi connectivity index (χ4n) is 1.31. The Morgan fingerprint density at radius 2 is 1.81 bits per heavy atom. The third-order valence-electron chi connectivity index (χ3n) is 2.16. The van der Waals surface area contributed by atoms with Crippen molar-refractivity contribution in [2.24, 2.45) is 5.11 Å². The van der Waals surface area contributed by atoms with Gasteiger partial charge in [0.15, 0.2) is 5.69 Å². The molecule has 88 valence electrons. The largest absolute Gasteiger partial charge is 0.240 e. The van der Waals surface area contributed by atoms with Crippen molar-refractivity contribution in [3.05, 3.63) is 22.4 Å². The minimum Gasteiger partial charge on any atom is -0.240 e. The number of nitrogens with zero attached hydrogens (tertiary/aromatic N) is 4. The highest BCUT2D eigenvalue weighted by molar-refractivity contribution is 5.39. The van der Waals surface area contributed by atoms with Crippen molar-refractivity contribution in [2.45, 2.75) is 52.5 Å². The zero-order valence-electron chi connectivity index (χ0n) is 10.8. The minimum atomic E-state index is -0.181. The molecule has 0 spiro atoms. The summed E-state index contributed by atoms with van der Waals surface area (Å²) in [4.78, 5) is 2.83. The van der Waals surface area contributed by atoms with Gasteiger partial charge >= 0.3 is 0 Å². The first kappa shape index (κ1) is 12.6. The van der Waals surface area contributed by atoms with E-state index in [1.54, 1.807) is 10.9 Å². The van der Waals surface area contributed by atoms with Crippen LogP contribution in [-0.4, -0.2) is 0 Å². The molecule has 5 nitrogen and oxygen atoms in total. The van der Waals surface area contributed by atoms with Crippen LogP contribution in [0.3, 0.4) is 0 Å². The van der Waals surface area contributed by atoms with E-state index >= 15 is 0 Å². The summed E-state index contributed by atoms with van der Waals surface area (Å²) in [5, 5.41) is 3.67. The standard InChI is InChI=1S/C11H19N4O/c1-10(2,3)9-8(13-14-12)7-15(16-9)11(4,5)6/h7H,1-6H3/q+1. The van der Waals surface area contributed by atoms with Crippen LogP contribution in [0.2, 0.25) is 0 Å². The lowest BCUT2D eigenvalue weighted by atomic mass is 9.92. The molecule has 0 saturated heterocycles. The van der Waals surface area contributed by atoms with Crippen LogP contribution in [0.5, 0.6) is 0 Å². The molecule has 0 radical (unpaired) electrons. The Labute approximate surface area is 95.7 Å². The molecule has 1 aromatic heterocycles. The van der Waals surface area contributed by atoms with E-state index in [0.717, 1.165) is 0 Å². The summed E-state index contributed by atoms with van der Waals surface area (Å²) >= 11 is 0. The number of hydrogen-bond acceptors (Lipinski definition) is 2. The molecule has 0 bridgehead atoms. The second-order valence-corrected chi connectivity index (χ2v) is 5.87. The number of azide groups is 1. The number of hydrogen-bond donors (Lipinski definition) is 0. The van der Waals surface area contributed by atoms with Gasteiger partial charge in [0, 0.05) is 31.1 Å². The van der Waals surface area contributed by atoms with Crippen molar-refractivity contribution in [1.82, 2.24) is 0 Å². The number of rotatable bonds is 1. The fourth-order valence-corrected chi connectivity index (χ4v) is 1.31. The first-order valence-corrected chi connectivity index (χ1v) is 5.28. The van der Waals surface area contributed by atoms with Crippen LogP contribution in [0, 0.1) is 0 Å². The molecule has 1 rings (SSSR count). The summed E-state index contributed by atoms with van der Waals surface area (Å²) in [6, 6.07) is 0. The molecule has 0 aliphatic heterocycles. The van der Waals surface area contributed by atoms with Crippen LogP contribution in [0.1, 0.15) is 47.3 Å². The van der Waals surface area contributed by atoms with Gasteiger partial charge in [0.05, 0.1) is 0 Å². The average molecular weight is 223 g/mol. The SMILES string of the molecule is CC(C)(C)c1o[n+](C(C)(C)C)cc1N=[N+]=[N-]. The fraction of sp³-hybridized carbons (Fsp3) is 0.727. The molecule has 5 heteroatoms. The molecule has 0 unspecified atom stereocenters. The minimum absolute atomic E-state index is 0.163. The van der Waals surface area contributed by atoms with Gasteiger partial charge < -0.3 is 0 Å². The van der Waals surface area contributed by atoms with Gasteiger partial charge in [0.1, 0.15) is 0 Å². The maximum Gasteiger partial charge on any atom is 0.230 e. The third kappa shape index (κ3) is 2.55. The first-order chi connectivity index (χ1) is 7.16. The Morgan fingerprint density at radius 3 is 2.19 bits per heavy atom. The van der Waals surface area contributed by atoms with Crippen molar-refractivity contribution in [3.63, 3.8) is 0 Å². The maximum atomic E-state index is 8.53. The van der Waals surface area contributed by atoms with Gasteiger partial charge in [-0.25, -0.2) is 4.52 Å². The molecule has 0 fully saturated rings. The Kier molecular flexibility index (Phi) is 3.01. The molecule has 0 saturated carbocycles. The van der Waals surface area contributed by atoms with E-state index in [2.05, 4.69) is 10.0 Å². The van der Waals surface area contributed by atoms with Crippen molar-refractivity contribution >= 4 is 5.69 Å². The summed E-state index contributed by atoms with van der Waals surface area (Å²) in [5.41, 5.74) is 8.75. The first-order valence-electron chi connectivity index (χ1n) is 5.28. The molecule has 0 aliphatic rings. The molecule has 1 heterocycles. The normalized spacial score (nSPS) is 12.4. The van der Waals surface area contributed by atoms with E-state index in [1.165, 1.54) is 0 Å². The van der Waals surface area contributed by atoms with Gasteiger partial charge in [-0.2, -0.15) is 0 Å². The zero-order chi connectivity index (χ0) is 12.6. The lowest BCUT2D eigenvalue weighted by molar-refractivity contribution is -0.907. The lowest BCUT2D eigenvalue weighted by Crippen LogP contribution is -2.48. The van der Waals surface area contributed by atoms with Gasteiger partial charge in [-0.05, 0) is 10.3 Å². The average Bonchev–Trinajstić information content (AvgIpc) is 2.46. The third-order valence-corrected chi connectivity index (χ3v) is 2.16. The van der Waals surface area contributed by atoms with Crippen LogP contribution in [-0.2, 0) is 11.0 Å². The van der Waals surface area contributed by atoms with Gasteiger partial charge in [-0.3, -0.25) is 0 Å². The zero-order valence-corrected chi connectivity index (χ0v) is 10.8. The second kappa shape index (κ2) is 3.83. The lowest BCUT2D eigenvalue weighted by Gasteiger charge is -2.13. The molecule has 16 heavy (non-hydrogen) atoms. The summed E-state index contributed by atoms with van der Waals surface area (Å²) in [6.45, 7) is 12.2. The smallest absolute Gasteiger partial charge is 0.230 e. The second-order valence-electron chi connectivity index (χ2n) is 5.87. The van der Waals surface area contributed by atoms with Gasteiger partial charge in [-0.1, -0.05) is 25.9 Å². The highest BCUT2D eigenvalue weighted by Gasteiger charge is 2.33. The van der Waals surface area contributed by atoms with Crippen molar-refractivity contribution in [1.29, 1.82) is 0 Å². The van der Waals surface area contributed by atoms with E-state index in [4.69, 9.17) is 10.1 Å². The monoisotopic (exact) mass is 223 g/mol. The molecule has 1 aromatic rings. The van der Waals surface area contributed by atoms with Crippen LogP contribution >= 0.6 is 0 Å². The van der Waals surface area contributed by atoms with Gasteiger partial charge in [0.25, 0.3) is 0 Å². The Hall–Kier alpha value is -1.48. The molecule has 0 atom stereocenters. The predicted octanol–water partition coefficient (Wildman–Crippen LogP) is 3.56. The van der Waals surface area contributed by atoms with Crippen LogP contribution in [0.4, 0.5) is 5.69 Å². The van der Waals surface area contributed by atoms with Crippen molar-refractivity contribution < 1.29 is 9.26 Å². The van der Waals surface area contributed by atoms with Crippen LogP contribution in [0.15, 0.2) is 15.8 Å². The predicted molar refractivity (Wildman–Crippen MR) is 61.4 cm³/mol. The van der Waals surface area contributed by atoms with E-state index in [0.29, 0.717) is 11.4 Å². The molecule has 0 amide bonds. The van der Waals surface area contributed by atoms with Crippen molar-refractivity contribution in [3.8, 4) is 0 Å². The Balaban J connectivity index is 3.37. The summed E-state index contributed by atoms with van der Waals surface area (Å²) < 4.78 is 7.47. The summed E-state index contributed by atoms with van der Waals surface area (Å²) in [6.07, 6.45) is 1.75. The van der Waals surface area contributed by atoms with Crippen LogP contribution < -0.4 is 4.74 Å². The molecular formula is C11H19N4O+. The summed E-state index contributed by atoms with van der Waals surface area (Å²) in [5.74, 6) is 0.709. The summed E-state index contributed by atoms with van der Waals surface area (Å²) in [7, 11) is 0. The highest BCUT2D eigenvalue weighted by atomic mass is 16.5. The van der Waals surface area contributed by atoms with Gasteiger partial charge in [-0.15, -0.1) is 0 Å². The maximum absolute atomic E-state index is 8.53.